The highest BCUT2D eigenvalue weighted by atomic mass is 28.3. The van der Waals surface area contributed by atoms with Gasteiger partial charge in [-0.1, -0.05) is 24.3 Å². The summed E-state index contributed by atoms with van der Waals surface area (Å²) in [6, 6.07) is 6.51. The zero-order valence-electron chi connectivity index (χ0n) is 9.74. The molecule has 97 valence electrons. The SMILES string of the molecule is O=Cc1cccc([Si]2N=C(C(=O)O)CC2C(=O)O)c1. The number of aliphatic carboxylic acids is 2. The molecule has 0 fully saturated rings. The first-order valence-electron chi connectivity index (χ1n) is 5.49. The molecule has 7 heteroatoms. The van der Waals surface area contributed by atoms with E-state index in [-0.39, 0.29) is 12.1 Å². The van der Waals surface area contributed by atoms with Crippen LogP contribution in [0, 0.1) is 0 Å². The van der Waals surface area contributed by atoms with Crippen LogP contribution in [0.3, 0.4) is 0 Å². The lowest BCUT2D eigenvalue weighted by Gasteiger charge is -2.11. The molecule has 1 radical (unpaired) electrons. The smallest absolute Gasteiger partial charge is 0.348 e. The Balaban J connectivity index is 2.41. The second-order valence-electron chi connectivity index (χ2n) is 4.09. The second kappa shape index (κ2) is 5.15. The van der Waals surface area contributed by atoms with E-state index in [4.69, 9.17) is 10.2 Å². The third-order valence-electron chi connectivity index (χ3n) is 2.85. The standard InChI is InChI=1S/C12H10NO5Si/c14-6-7-2-1-3-8(4-7)19-10(12(17)18)5-9(13-19)11(15)16/h1-4,6,10H,5H2,(H,15,16)(H,17,18). The van der Waals surface area contributed by atoms with Gasteiger partial charge in [0.15, 0.2) is 0 Å². The van der Waals surface area contributed by atoms with Crippen LogP contribution in [-0.2, 0) is 9.59 Å². The summed E-state index contributed by atoms with van der Waals surface area (Å²) < 4.78 is 4.06. The third-order valence-corrected chi connectivity index (χ3v) is 5.37. The van der Waals surface area contributed by atoms with Crippen molar-refractivity contribution >= 4 is 38.1 Å². The Morgan fingerprint density at radius 3 is 2.68 bits per heavy atom. The molecule has 2 N–H and O–H groups in total. The molecule has 1 unspecified atom stereocenters. The van der Waals surface area contributed by atoms with Gasteiger partial charge in [0.1, 0.15) is 12.0 Å². The van der Waals surface area contributed by atoms with Gasteiger partial charge in [0.25, 0.3) is 0 Å². The van der Waals surface area contributed by atoms with Crippen molar-refractivity contribution in [1.29, 1.82) is 0 Å². The quantitative estimate of drug-likeness (QED) is 0.598. The molecule has 0 aliphatic carbocycles. The van der Waals surface area contributed by atoms with Crippen molar-refractivity contribution in [3.8, 4) is 0 Å². The van der Waals surface area contributed by atoms with Crippen LogP contribution in [0.4, 0.5) is 0 Å². The molecule has 1 aromatic rings. The van der Waals surface area contributed by atoms with E-state index in [9.17, 15) is 14.4 Å². The molecule has 2 rings (SSSR count). The molecule has 0 spiro atoms. The summed E-state index contributed by atoms with van der Waals surface area (Å²) in [6.45, 7) is 0. The Labute approximate surface area is 110 Å². The molecule has 0 saturated carbocycles. The minimum atomic E-state index is -1.90. The minimum Gasteiger partial charge on any atom is -0.481 e. The van der Waals surface area contributed by atoms with E-state index in [0.29, 0.717) is 17.0 Å². The molecule has 19 heavy (non-hydrogen) atoms. The average molecular weight is 276 g/mol. The highest BCUT2D eigenvalue weighted by Crippen LogP contribution is 2.25. The third kappa shape index (κ3) is 2.60. The second-order valence-corrected chi connectivity index (χ2v) is 6.36. The van der Waals surface area contributed by atoms with Gasteiger partial charge in [0, 0.05) is 12.0 Å². The zero-order chi connectivity index (χ0) is 14.0. The Hall–Kier alpha value is -2.28. The first-order valence-corrected chi connectivity index (χ1v) is 7.01. The molecule has 1 atom stereocenters. The summed E-state index contributed by atoms with van der Waals surface area (Å²) in [6.07, 6.45) is 0.600. The Morgan fingerprint density at radius 1 is 1.37 bits per heavy atom. The molecule has 0 saturated heterocycles. The highest BCUT2D eigenvalue weighted by molar-refractivity contribution is 6.80. The van der Waals surface area contributed by atoms with E-state index in [1.807, 2.05) is 0 Å². The fraction of sp³-hybridized carbons (Fsp3) is 0.167. The molecule has 0 amide bonds. The molecule has 1 heterocycles. The fourth-order valence-corrected chi connectivity index (χ4v) is 4.30. The Morgan fingerprint density at radius 2 is 2.11 bits per heavy atom. The predicted octanol–water partition coefficient (Wildman–Crippen LogP) is 0.0817. The van der Waals surface area contributed by atoms with Gasteiger partial charge < -0.3 is 14.9 Å². The molecule has 6 nitrogen and oxygen atoms in total. The van der Waals surface area contributed by atoms with Crippen molar-refractivity contribution in [2.75, 3.05) is 0 Å². The maximum absolute atomic E-state index is 11.2. The molecule has 1 aliphatic rings. The minimum absolute atomic E-state index is 0.0652. The molecule has 1 aliphatic heterocycles. The molecule has 0 aromatic heterocycles. The number of carboxylic acid groups (broad SMARTS) is 2. The average Bonchev–Trinajstić information content (AvgIpc) is 2.84. The Bertz CT molecular complexity index is 583. The maximum Gasteiger partial charge on any atom is 0.348 e. The van der Waals surface area contributed by atoms with Crippen molar-refractivity contribution in [1.82, 2.24) is 0 Å². The van der Waals surface area contributed by atoms with E-state index in [1.54, 1.807) is 24.3 Å². The van der Waals surface area contributed by atoms with Crippen LogP contribution in [0.15, 0.2) is 28.9 Å². The number of rotatable bonds is 4. The van der Waals surface area contributed by atoms with E-state index in [1.165, 1.54) is 0 Å². The van der Waals surface area contributed by atoms with Crippen LogP contribution in [0.1, 0.15) is 16.8 Å². The highest BCUT2D eigenvalue weighted by Gasteiger charge is 2.40. The van der Waals surface area contributed by atoms with Crippen LogP contribution in [0.5, 0.6) is 0 Å². The van der Waals surface area contributed by atoms with Gasteiger partial charge in [-0.2, -0.15) is 0 Å². The summed E-state index contributed by atoms with van der Waals surface area (Å²) in [4.78, 5) is 32.8. The van der Waals surface area contributed by atoms with Crippen molar-refractivity contribution in [3.05, 3.63) is 29.8 Å². The molecule has 0 bridgehead atoms. The van der Waals surface area contributed by atoms with Crippen LogP contribution in [-0.4, -0.2) is 43.1 Å². The van der Waals surface area contributed by atoms with Gasteiger partial charge in [0.2, 0.25) is 8.96 Å². The Kier molecular flexibility index (Phi) is 3.56. The number of carboxylic acids is 2. The van der Waals surface area contributed by atoms with Crippen molar-refractivity contribution in [3.63, 3.8) is 0 Å². The fourth-order valence-electron chi connectivity index (χ4n) is 1.94. The molecule has 1 aromatic carbocycles. The van der Waals surface area contributed by atoms with Gasteiger partial charge in [-0.05, 0) is 5.19 Å². The van der Waals surface area contributed by atoms with E-state index >= 15 is 0 Å². The normalized spacial score (nSPS) is 18.9. The largest absolute Gasteiger partial charge is 0.481 e. The zero-order valence-corrected chi connectivity index (χ0v) is 10.7. The van der Waals surface area contributed by atoms with Crippen molar-refractivity contribution < 1.29 is 24.6 Å². The number of hydrogen-bond acceptors (Lipinski definition) is 4. The lowest BCUT2D eigenvalue weighted by atomic mass is 10.2. The van der Waals surface area contributed by atoms with E-state index < -0.39 is 26.4 Å². The van der Waals surface area contributed by atoms with Gasteiger partial charge >= 0.3 is 11.9 Å². The monoisotopic (exact) mass is 276 g/mol. The van der Waals surface area contributed by atoms with Gasteiger partial charge in [0.05, 0.1) is 5.54 Å². The number of aldehydes is 1. The number of nitrogens with zero attached hydrogens (tertiary/aromatic N) is 1. The van der Waals surface area contributed by atoms with E-state index in [2.05, 4.69) is 4.66 Å². The van der Waals surface area contributed by atoms with Gasteiger partial charge in [-0.25, -0.2) is 4.79 Å². The molecular weight excluding hydrogens is 266 g/mol. The van der Waals surface area contributed by atoms with Crippen LogP contribution in [0.25, 0.3) is 0 Å². The topological polar surface area (TPSA) is 104 Å². The van der Waals surface area contributed by atoms with Crippen molar-refractivity contribution in [2.45, 2.75) is 12.0 Å². The number of carbonyl (C=O) groups is 3. The lowest BCUT2D eigenvalue weighted by molar-refractivity contribution is -0.136. The molecular formula is C12H10NO5Si. The summed E-state index contributed by atoms with van der Waals surface area (Å²) in [5.41, 5.74) is -0.478. The lowest BCUT2D eigenvalue weighted by Crippen LogP contribution is -2.34. The van der Waals surface area contributed by atoms with Crippen LogP contribution in [0.2, 0.25) is 5.54 Å². The van der Waals surface area contributed by atoms with Crippen LogP contribution >= 0.6 is 0 Å². The summed E-state index contributed by atoms with van der Waals surface area (Å²) in [5.74, 6) is -2.23. The maximum atomic E-state index is 11.2. The first-order chi connectivity index (χ1) is 9.02. The van der Waals surface area contributed by atoms with Gasteiger partial charge in [-0.3, -0.25) is 9.59 Å². The van der Waals surface area contributed by atoms with Crippen molar-refractivity contribution in [2.24, 2.45) is 4.66 Å². The summed E-state index contributed by atoms with van der Waals surface area (Å²) in [7, 11) is -1.90. The van der Waals surface area contributed by atoms with E-state index in [0.717, 1.165) is 0 Å². The first kappa shape index (κ1) is 13.2. The van der Waals surface area contributed by atoms with Crippen LogP contribution < -0.4 is 5.19 Å². The predicted molar refractivity (Wildman–Crippen MR) is 68.3 cm³/mol. The number of benzene rings is 1. The number of hydrogen-bond donors (Lipinski definition) is 2. The van der Waals surface area contributed by atoms with Gasteiger partial charge in [-0.15, -0.1) is 0 Å². The summed E-state index contributed by atoms with van der Waals surface area (Å²) >= 11 is 0. The summed E-state index contributed by atoms with van der Waals surface area (Å²) in [5, 5.41) is 18.7. The number of carbonyl (C=O) groups excluding carboxylic acids is 1.